The predicted molar refractivity (Wildman–Crippen MR) is 109 cm³/mol. The van der Waals surface area contributed by atoms with Crippen molar-refractivity contribution in [1.29, 1.82) is 0 Å². The first-order valence-corrected chi connectivity index (χ1v) is 9.11. The molecule has 2 saturated carbocycles. The number of nitrogens with zero attached hydrogens (tertiary/aromatic N) is 1. The lowest BCUT2D eigenvalue weighted by Gasteiger charge is -2.41. The Morgan fingerprint density at radius 2 is 1.57 bits per heavy atom. The van der Waals surface area contributed by atoms with Crippen LogP contribution >= 0.6 is 24.0 Å². The van der Waals surface area contributed by atoms with Gasteiger partial charge in [-0.3, -0.25) is 4.99 Å². The first-order chi connectivity index (χ1) is 10.7. The van der Waals surface area contributed by atoms with Crippen LogP contribution in [0.15, 0.2) is 4.99 Å². The Balaban J connectivity index is 0.00000264. The van der Waals surface area contributed by atoms with Gasteiger partial charge in [-0.1, -0.05) is 26.2 Å². The SMILES string of the molecule is CCC1(CNC(=NC)NCC2(CCOC)CCCC2)CCC1.I. The van der Waals surface area contributed by atoms with Crippen LogP contribution in [0.2, 0.25) is 0 Å². The van der Waals surface area contributed by atoms with Gasteiger partial charge in [0.1, 0.15) is 0 Å². The van der Waals surface area contributed by atoms with Gasteiger partial charge in [0.25, 0.3) is 0 Å². The highest BCUT2D eigenvalue weighted by Crippen LogP contribution is 2.43. The third kappa shape index (κ3) is 5.76. The Kier molecular flexibility index (Phi) is 9.19. The molecule has 2 aliphatic carbocycles. The molecule has 0 bridgehead atoms. The van der Waals surface area contributed by atoms with E-state index in [0.29, 0.717) is 10.8 Å². The van der Waals surface area contributed by atoms with Gasteiger partial charge in [-0.2, -0.15) is 0 Å². The smallest absolute Gasteiger partial charge is 0.191 e. The second-order valence-electron chi connectivity index (χ2n) is 7.44. The first-order valence-electron chi connectivity index (χ1n) is 9.11. The zero-order valence-electron chi connectivity index (χ0n) is 15.2. The quantitative estimate of drug-likeness (QED) is 0.344. The Hall–Kier alpha value is -0.0400. The summed E-state index contributed by atoms with van der Waals surface area (Å²) in [7, 11) is 3.69. The molecule has 0 heterocycles. The van der Waals surface area contributed by atoms with Gasteiger partial charge in [0.05, 0.1) is 0 Å². The summed E-state index contributed by atoms with van der Waals surface area (Å²) in [6, 6.07) is 0. The van der Waals surface area contributed by atoms with Gasteiger partial charge in [0.15, 0.2) is 5.96 Å². The van der Waals surface area contributed by atoms with Crippen LogP contribution in [0.1, 0.15) is 64.7 Å². The number of hydrogen-bond acceptors (Lipinski definition) is 2. The number of methoxy groups -OCH3 is 1. The zero-order chi connectivity index (χ0) is 15.9. The summed E-state index contributed by atoms with van der Waals surface area (Å²) >= 11 is 0. The molecule has 0 aromatic carbocycles. The summed E-state index contributed by atoms with van der Waals surface area (Å²) in [5, 5.41) is 7.16. The van der Waals surface area contributed by atoms with Gasteiger partial charge in [0.2, 0.25) is 0 Å². The standard InChI is InChI=1S/C18H35N3O.HI/c1-4-17(10-7-11-17)14-20-16(19-2)21-15-18(12-13-22-3)8-5-6-9-18;/h4-15H2,1-3H3,(H2,19,20,21);1H. The van der Waals surface area contributed by atoms with Crippen molar-refractivity contribution in [2.45, 2.75) is 64.7 Å². The summed E-state index contributed by atoms with van der Waals surface area (Å²) in [6.45, 7) is 5.27. The fraction of sp³-hybridized carbons (Fsp3) is 0.944. The van der Waals surface area contributed by atoms with Crippen molar-refractivity contribution < 1.29 is 4.74 Å². The molecule has 2 fully saturated rings. The zero-order valence-corrected chi connectivity index (χ0v) is 17.6. The minimum Gasteiger partial charge on any atom is -0.385 e. The van der Waals surface area contributed by atoms with E-state index >= 15 is 0 Å². The Labute approximate surface area is 159 Å². The molecule has 0 atom stereocenters. The van der Waals surface area contributed by atoms with Crippen molar-refractivity contribution in [3.8, 4) is 0 Å². The summed E-state index contributed by atoms with van der Waals surface area (Å²) in [5.41, 5.74) is 0.936. The molecule has 0 unspecified atom stereocenters. The van der Waals surface area contributed by atoms with E-state index in [0.717, 1.165) is 32.1 Å². The molecule has 2 N–H and O–H groups in total. The van der Waals surface area contributed by atoms with Gasteiger partial charge in [-0.05, 0) is 49.4 Å². The molecular weight excluding hydrogens is 401 g/mol. The number of halogens is 1. The summed E-state index contributed by atoms with van der Waals surface area (Å²) in [5.74, 6) is 0.975. The average molecular weight is 437 g/mol. The number of aliphatic imine (C=N–C) groups is 1. The maximum Gasteiger partial charge on any atom is 0.191 e. The highest BCUT2D eigenvalue weighted by molar-refractivity contribution is 14.0. The van der Waals surface area contributed by atoms with Crippen LogP contribution in [0.4, 0.5) is 0 Å². The van der Waals surface area contributed by atoms with Crippen LogP contribution in [0.25, 0.3) is 0 Å². The molecule has 0 radical (unpaired) electrons. The van der Waals surface area contributed by atoms with Gasteiger partial charge in [0, 0.05) is 33.9 Å². The van der Waals surface area contributed by atoms with E-state index in [1.807, 2.05) is 7.05 Å². The maximum absolute atomic E-state index is 5.32. The highest BCUT2D eigenvalue weighted by atomic mass is 127. The lowest BCUT2D eigenvalue weighted by molar-refractivity contribution is 0.130. The number of rotatable bonds is 8. The predicted octanol–water partition coefficient (Wildman–Crippen LogP) is 3.95. The molecule has 4 nitrogen and oxygen atoms in total. The summed E-state index contributed by atoms with van der Waals surface area (Å²) < 4.78 is 5.32. The van der Waals surface area contributed by atoms with E-state index in [1.165, 1.54) is 51.4 Å². The van der Waals surface area contributed by atoms with Gasteiger partial charge >= 0.3 is 0 Å². The molecule has 0 aliphatic heterocycles. The van der Waals surface area contributed by atoms with E-state index in [9.17, 15) is 0 Å². The number of ether oxygens (including phenoxy) is 1. The molecule has 5 heteroatoms. The Morgan fingerprint density at radius 1 is 1.00 bits per heavy atom. The summed E-state index contributed by atoms with van der Waals surface area (Å²) in [4.78, 5) is 4.42. The van der Waals surface area contributed by atoms with Crippen molar-refractivity contribution >= 4 is 29.9 Å². The molecule has 2 aliphatic rings. The van der Waals surface area contributed by atoms with Crippen molar-refractivity contribution in [3.63, 3.8) is 0 Å². The minimum atomic E-state index is 0. The molecule has 0 saturated heterocycles. The fourth-order valence-electron chi connectivity index (χ4n) is 4.05. The minimum absolute atomic E-state index is 0. The van der Waals surface area contributed by atoms with E-state index in [-0.39, 0.29) is 24.0 Å². The molecule has 23 heavy (non-hydrogen) atoms. The number of guanidine groups is 1. The van der Waals surface area contributed by atoms with E-state index in [1.54, 1.807) is 7.11 Å². The molecule has 136 valence electrons. The van der Waals surface area contributed by atoms with Crippen LogP contribution in [0.3, 0.4) is 0 Å². The lowest BCUT2D eigenvalue weighted by atomic mass is 9.67. The largest absolute Gasteiger partial charge is 0.385 e. The number of nitrogens with one attached hydrogen (secondary N) is 2. The fourth-order valence-corrected chi connectivity index (χ4v) is 4.05. The normalized spacial score (nSPS) is 22.1. The van der Waals surface area contributed by atoms with Crippen LogP contribution < -0.4 is 10.6 Å². The van der Waals surface area contributed by atoms with Crippen LogP contribution in [-0.4, -0.2) is 39.8 Å². The second-order valence-corrected chi connectivity index (χ2v) is 7.44. The van der Waals surface area contributed by atoms with E-state index in [4.69, 9.17) is 4.74 Å². The lowest BCUT2D eigenvalue weighted by Crippen LogP contribution is -2.48. The molecular formula is C18H36IN3O. The Bertz CT molecular complexity index is 358. The van der Waals surface area contributed by atoms with Gasteiger partial charge < -0.3 is 15.4 Å². The molecule has 0 aromatic rings. The van der Waals surface area contributed by atoms with E-state index < -0.39 is 0 Å². The number of hydrogen-bond donors (Lipinski definition) is 2. The van der Waals surface area contributed by atoms with Crippen LogP contribution in [0, 0.1) is 10.8 Å². The van der Waals surface area contributed by atoms with Crippen LogP contribution in [-0.2, 0) is 4.74 Å². The van der Waals surface area contributed by atoms with Crippen molar-refractivity contribution in [1.82, 2.24) is 10.6 Å². The van der Waals surface area contributed by atoms with Gasteiger partial charge in [-0.15, -0.1) is 24.0 Å². The first kappa shape index (κ1) is 21.0. The second kappa shape index (κ2) is 10.1. The van der Waals surface area contributed by atoms with E-state index in [2.05, 4.69) is 22.5 Å². The van der Waals surface area contributed by atoms with Crippen molar-refractivity contribution in [2.75, 3.05) is 33.9 Å². The average Bonchev–Trinajstić information content (AvgIpc) is 2.97. The highest BCUT2D eigenvalue weighted by Gasteiger charge is 2.36. The third-order valence-electron chi connectivity index (χ3n) is 6.15. The summed E-state index contributed by atoms with van der Waals surface area (Å²) in [6.07, 6.45) is 11.9. The topological polar surface area (TPSA) is 45.7 Å². The molecule has 0 amide bonds. The van der Waals surface area contributed by atoms with Crippen LogP contribution in [0.5, 0.6) is 0 Å². The third-order valence-corrected chi connectivity index (χ3v) is 6.15. The Morgan fingerprint density at radius 3 is 2.00 bits per heavy atom. The van der Waals surface area contributed by atoms with Gasteiger partial charge in [-0.25, -0.2) is 0 Å². The molecule has 2 rings (SSSR count). The monoisotopic (exact) mass is 437 g/mol. The molecule has 0 spiro atoms. The van der Waals surface area contributed by atoms with Crippen molar-refractivity contribution in [3.05, 3.63) is 0 Å². The molecule has 0 aromatic heterocycles. The maximum atomic E-state index is 5.32. The van der Waals surface area contributed by atoms with Crippen molar-refractivity contribution in [2.24, 2.45) is 15.8 Å².